The van der Waals surface area contributed by atoms with E-state index in [1.807, 2.05) is 24.3 Å². The maximum Gasteiger partial charge on any atom is 0.223 e. The van der Waals surface area contributed by atoms with Crippen molar-refractivity contribution in [2.24, 2.45) is 11.7 Å². The third-order valence-corrected chi connectivity index (χ3v) is 5.25. The molecular formula is C19H29ClN2O2. The number of carbonyl (C=O) groups excluding carboxylic acids is 1. The molecule has 2 N–H and O–H groups in total. The van der Waals surface area contributed by atoms with Crippen molar-refractivity contribution in [2.75, 3.05) is 7.11 Å². The van der Waals surface area contributed by atoms with Crippen LogP contribution in [0.25, 0.3) is 0 Å². The van der Waals surface area contributed by atoms with Gasteiger partial charge in [-0.2, -0.15) is 0 Å². The van der Waals surface area contributed by atoms with Crippen LogP contribution < -0.4 is 10.5 Å². The Balaban J connectivity index is 0.00000208. The standard InChI is InChI=1S/C19H28N2O2.ClH/c1-23-18-9-5-3-7-15(18)13-21(16-10-11-16)19(22)12-14-6-2-4-8-17(14)20;/h3,5,7,9,14,16-17H,2,4,6,8,10-13,20H2,1H3;1H. The highest BCUT2D eigenvalue weighted by atomic mass is 35.5. The molecule has 0 radical (unpaired) electrons. The minimum atomic E-state index is 0. The summed E-state index contributed by atoms with van der Waals surface area (Å²) in [5, 5.41) is 0. The SMILES string of the molecule is COc1ccccc1CN(C(=O)CC1CCCCC1N)C1CC1.Cl. The van der Waals surface area contributed by atoms with E-state index in [1.54, 1.807) is 7.11 Å². The van der Waals surface area contributed by atoms with E-state index in [0.29, 0.717) is 24.9 Å². The molecule has 3 rings (SSSR count). The second kappa shape index (κ2) is 8.72. The smallest absolute Gasteiger partial charge is 0.223 e. The lowest BCUT2D eigenvalue weighted by molar-refractivity contribution is -0.133. The van der Waals surface area contributed by atoms with Gasteiger partial charge in [0.15, 0.2) is 0 Å². The van der Waals surface area contributed by atoms with Crippen molar-refractivity contribution in [1.82, 2.24) is 4.90 Å². The molecular weight excluding hydrogens is 324 g/mol. The number of benzene rings is 1. The van der Waals surface area contributed by atoms with Crippen molar-refractivity contribution in [3.8, 4) is 5.75 Å². The molecule has 0 aromatic heterocycles. The van der Waals surface area contributed by atoms with E-state index in [-0.39, 0.29) is 24.4 Å². The van der Waals surface area contributed by atoms with Gasteiger partial charge in [-0.1, -0.05) is 31.0 Å². The fourth-order valence-electron chi connectivity index (χ4n) is 3.66. The van der Waals surface area contributed by atoms with Crippen LogP contribution in [-0.4, -0.2) is 30.0 Å². The van der Waals surface area contributed by atoms with Crippen molar-refractivity contribution in [1.29, 1.82) is 0 Å². The molecule has 0 bridgehead atoms. The fraction of sp³-hybridized carbons (Fsp3) is 0.632. The summed E-state index contributed by atoms with van der Waals surface area (Å²) >= 11 is 0. The van der Waals surface area contributed by atoms with Crippen LogP contribution in [0, 0.1) is 5.92 Å². The number of halogens is 1. The fourth-order valence-corrected chi connectivity index (χ4v) is 3.66. The highest BCUT2D eigenvalue weighted by molar-refractivity contribution is 5.85. The molecule has 2 atom stereocenters. The third kappa shape index (κ3) is 4.64. The van der Waals surface area contributed by atoms with Crippen molar-refractivity contribution in [3.63, 3.8) is 0 Å². The van der Waals surface area contributed by atoms with Gasteiger partial charge in [-0.05, 0) is 37.7 Å². The van der Waals surface area contributed by atoms with Crippen LogP contribution in [0.1, 0.15) is 50.5 Å². The first-order valence-electron chi connectivity index (χ1n) is 8.86. The normalized spacial score (nSPS) is 23.2. The van der Waals surface area contributed by atoms with Gasteiger partial charge in [0.25, 0.3) is 0 Å². The second-order valence-corrected chi connectivity index (χ2v) is 6.98. The highest BCUT2D eigenvalue weighted by Gasteiger charge is 2.35. The van der Waals surface area contributed by atoms with Gasteiger partial charge in [-0.25, -0.2) is 0 Å². The number of amides is 1. The van der Waals surface area contributed by atoms with E-state index in [9.17, 15) is 4.79 Å². The van der Waals surface area contributed by atoms with E-state index in [0.717, 1.165) is 37.0 Å². The third-order valence-electron chi connectivity index (χ3n) is 5.25. The molecule has 0 spiro atoms. The summed E-state index contributed by atoms with van der Waals surface area (Å²) in [5.74, 6) is 1.48. The number of para-hydroxylation sites is 1. The molecule has 1 aromatic carbocycles. The first kappa shape index (κ1) is 19.1. The van der Waals surface area contributed by atoms with E-state index < -0.39 is 0 Å². The number of ether oxygens (including phenoxy) is 1. The van der Waals surface area contributed by atoms with Crippen LogP contribution in [0.3, 0.4) is 0 Å². The molecule has 0 saturated heterocycles. The Morgan fingerprint density at radius 1 is 1.21 bits per heavy atom. The summed E-state index contributed by atoms with van der Waals surface area (Å²) in [6, 6.07) is 8.58. The van der Waals surface area contributed by atoms with E-state index in [2.05, 4.69) is 4.90 Å². The van der Waals surface area contributed by atoms with Gasteiger partial charge in [-0.15, -0.1) is 12.4 Å². The Morgan fingerprint density at radius 3 is 2.58 bits per heavy atom. The van der Waals surface area contributed by atoms with Crippen LogP contribution >= 0.6 is 12.4 Å². The Bertz CT molecular complexity index is 548. The first-order valence-corrected chi connectivity index (χ1v) is 8.86. The average Bonchev–Trinajstić information content (AvgIpc) is 3.39. The molecule has 0 heterocycles. The molecule has 1 aromatic rings. The predicted molar refractivity (Wildman–Crippen MR) is 98.4 cm³/mol. The zero-order valence-corrected chi connectivity index (χ0v) is 15.3. The van der Waals surface area contributed by atoms with Gasteiger partial charge in [0.05, 0.1) is 7.11 Å². The topological polar surface area (TPSA) is 55.6 Å². The van der Waals surface area contributed by atoms with Gasteiger partial charge in [0.2, 0.25) is 5.91 Å². The number of methoxy groups -OCH3 is 1. The first-order chi connectivity index (χ1) is 11.2. The lowest BCUT2D eigenvalue weighted by Gasteiger charge is -2.31. The summed E-state index contributed by atoms with van der Waals surface area (Å²) in [5.41, 5.74) is 7.31. The zero-order chi connectivity index (χ0) is 16.2. The Labute approximate surface area is 151 Å². The maximum absolute atomic E-state index is 12.9. The zero-order valence-electron chi connectivity index (χ0n) is 14.4. The van der Waals surface area contributed by atoms with Gasteiger partial charge in [0.1, 0.15) is 5.75 Å². The lowest BCUT2D eigenvalue weighted by atomic mass is 9.82. The van der Waals surface area contributed by atoms with Gasteiger partial charge >= 0.3 is 0 Å². The van der Waals surface area contributed by atoms with Crippen LogP contribution in [0.4, 0.5) is 0 Å². The van der Waals surface area contributed by atoms with E-state index in [4.69, 9.17) is 10.5 Å². The Morgan fingerprint density at radius 2 is 1.92 bits per heavy atom. The molecule has 2 aliphatic carbocycles. The molecule has 2 saturated carbocycles. The number of nitrogens with two attached hydrogens (primary N) is 1. The van der Waals surface area contributed by atoms with Gasteiger partial charge in [0, 0.05) is 30.6 Å². The minimum absolute atomic E-state index is 0. The van der Waals surface area contributed by atoms with Crippen LogP contribution in [0.15, 0.2) is 24.3 Å². The Kier molecular flexibility index (Phi) is 6.93. The summed E-state index contributed by atoms with van der Waals surface area (Å²) in [6.07, 6.45) is 7.43. The molecule has 0 aliphatic heterocycles. The maximum atomic E-state index is 12.9. The summed E-state index contributed by atoms with van der Waals surface area (Å²) < 4.78 is 5.44. The van der Waals surface area contributed by atoms with Crippen molar-refractivity contribution in [2.45, 2.75) is 63.6 Å². The Hall–Kier alpha value is -1.26. The quantitative estimate of drug-likeness (QED) is 0.852. The number of nitrogens with zero attached hydrogens (tertiary/aromatic N) is 1. The highest BCUT2D eigenvalue weighted by Crippen LogP contribution is 2.33. The minimum Gasteiger partial charge on any atom is -0.496 e. The number of hydrogen-bond donors (Lipinski definition) is 1. The van der Waals surface area contributed by atoms with Crippen LogP contribution in [0.5, 0.6) is 5.75 Å². The molecule has 2 unspecified atom stereocenters. The molecule has 4 nitrogen and oxygen atoms in total. The summed E-state index contributed by atoms with van der Waals surface area (Å²) in [7, 11) is 1.68. The van der Waals surface area contributed by atoms with Gasteiger partial charge in [-0.3, -0.25) is 4.79 Å². The number of hydrogen-bond acceptors (Lipinski definition) is 3. The molecule has 134 valence electrons. The summed E-state index contributed by atoms with van der Waals surface area (Å²) in [4.78, 5) is 14.9. The largest absolute Gasteiger partial charge is 0.496 e. The van der Waals surface area contributed by atoms with Crippen LogP contribution in [0.2, 0.25) is 0 Å². The average molecular weight is 353 g/mol. The van der Waals surface area contributed by atoms with E-state index >= 15 is 0 Å². The van der Waals surface area contributed by atoms with Gasteiger partial charge < -0.3 is 15.4 Å². The second-order valence-electron chi connectivity index (χ2n) is 6.98. The van der Waals surface area contributed by atoms with Crippen molar-refractivity contribution in [3.05, 3.63) is 29.8 Å². The van der Waals surface area contributed by atoms with Crippen molar-refractivity contribution < 1.29 is 9.53 Å². The van der Waals surface area contributed by atoms with E-state index in [1.165, 1.54) is 12.8 Å². The lowest BCUT2D eigenvalue weighted by Crippen LogP contribution is -2.39. The molecule has 2 fully saturated rings. The molecule has 1 amide bonds. The van der Waals surface area contributed by atoms with Crippen molar-refractivity contribution >= 4 is 18.3 Å². The summed E-state index contributed by atoms with van der Waals surface area (Å²) in [6.45, 7) is 0.648. The van der Waals surface area contributed by atoms with Crippen LogP contribution in [-0.2, 0) is 11.3 Å². The number of carbonyl (C=O) groups is 1. The monoisotopic (exact) mass is 352 g/mol. The predicted octanol–water partition coefficient (Wildman–Crippen LogP) is 3.52. The molecule has 2 aliphatic rings. The number of rotatable bonds is 6. The molecule has 24 heavy (non-hydrogen) atoms. The molecule has 5 heteroatoms.